The van der Waals surface area contributed by atoms with E-state index in [1.54, 1.807) is 0 Å². The standard InChI is InChI=1S/C59H50N2O2/c1-34(2)55-56-49-30-42-24-26-46(61(51-22-12-10-16-36(51)4)58-39(7)19-14-20-40(58)8)28-44(42)32-53(49)62-54(56)33-48-47-29-41-23-25-45(27-43(41)31-52(47)63-59(48)55)60(50-21-11-9-15-35(50)3)57-37(5)17-13-18-38(57)6/h9-34H,1-8H3. The average molecular weight is 819 g/mol. The fourth-order valence-electron chi connectivity index (χ4n) is 10.2. The summed E-state index contributed by atoms with van der Waals surface area (Å²) < 4.78 is 13.9. The second-order valence-electron chi connectivity index (χ2n) is 17.9. The van der Waals surface area contributed by atoms with Gasteiger partial charge < -0.3 is 18.6 Å². The molecule has 0 N–H and O–H groups in total. The van der Waals surface area contributed by atoms with Crippen molar-refractivity contribution >= 4 is 99.5 Å². The Morgan fingerprint density at radius 3 is 1.33 bits per heavy atom. The molecule has 11 aromatic rings. The second-order valence-corrected chi connectivity index (χ2v) is 17.9. The predicted molar refractivity (Wildman–Crippen MR) is 268 cm³/mol. The molecule has 4 heteroatoms. The minimum absolute atomic E-state index is 0.191. The molecule has 63 heavy (non-hydrogen) atoms. The van der Waals surface area contributed by atoms with Gasteiger partial charge in [0.25, 0.3) is 0 Å². The highest BCUT2D eigenvalue weighted by molar-refractivity contribution is 6.20. The third-order valence-corrected chi connectivity index (χ3v) is 13.2. The van der Waals surface area contributed by atoms with Crippen molar-refractivity contribution in [1.82, 2.24) is 0 Å². The minimum Gasteiger partial charge on any atom is -0.456 e. The van der Waals surface area contributed by atoms with E-state index in [1.165, 1.54) is 72.5 Å². The highest BCUT2D eigenvalue weighted by Gasteiger charge is 2.25. The highest BCUT2D eigenvalue weighted by atomic mass is 16.3. The van der Waals surface area contributed by atoms with Crippen molar-refractivity contribution in [2.24, 2.45) is 0 Å². The van der Waals surface area contributed by atoms with E-state index in [4.69, 9.17) is 8.83 Å². The zero-order valence-corrected chi connectivity index (χ0v) is 37.2. The van der Waals surface area contributed by atoms with Crippen LogP contribution in [-0.2, 0) is 0 Å². The van der Waals surface area contributed by atoms with Crippen LogP contribution in [0.3, 0.4) is 0 Å². The van der Waals surface area contributed by atoms with Crippen LogP contribution in [0.5, 0.6) is 0 Å². The van der Waals surface area contributed by atoms with Crippen molar-refractivity contribution < 1.29 is 8.83 Å². The molecule has 0 aliphatic rings. The van der Waals surface area contributed by atoms with Gasteiger partial charge in [-0.3, -0.25) is 0 Å². The van der Waals surface area contributed by atoms with Gasteiger partial charge in [0.2, 0.25) is 0 Å². The van der Waals surface area contributed by atoms with E-state index in [9.17, 15) is 0 Å². The number of anilines is 6. The molecule has 11 rings (SSSR count). The van der Waals surface area contributed by atoms with E-state index < -0.39 is 0 Å². The molecule has 2 heterocycles. The van der Waals surface area contributed by atoms with Crippen molar-refractivity contribution in [2.45, 2.75) is 61.3 Å². The summed E-state index contributed by atoms with van der Waals surface area (Å²) in [5, 5.41) is 9.02. The normalized spacial score (nSPS) is 12.0. The first-order valence-electron chi connectivity index (χ1n) is 22.1. The van der Waals surface area contributed by atoms with Crippen LogP contribution in [0.15, 0.2) is 160 Å². The summed E-state index contributed by atoms with van der Waals surface area (Å²) >= 11 is 0. The molecule has 0 saturated carbocycles. The van der Waals surface area contributed by atoms with Gasteiger partial charge in [-0.2, -0.15) is 0 Å². The molecule has 9 aromatic carbocycles. The summed E-state index contributed by atoms with van der Waals surface area (Å²) in [6.45, 7) is 17.7. The second kappa shape index (κ2) is 14.7. The molecule has 2 aromatic heterocycles. The molecule has 308 valence electrons. The number of hydrogen-bond donors (Lipinski definition) is 0. The summed E-state index contributed by atoms with van der Waals surface area (Å²) in [5.41, 5.74) is 19.1. The van der Waals surface area contributed by atoms with Crippen molar-refractivity contribution in [3.8, 4) is 0 Å². The number of furan rings is 2. The molecule has 0 radical (unpaired) electrons. The number of benzene rings is 9. The summed E-state index contributed by atoms with van der Waals surface area (Å²) in [6.07, 6.45) is 0. The predicted octanol–water partition coefficient (Wildman–Crippen LogP) is 17.7. The number of aryl methyl sites for hydroxylation is 6. The van der Waals surface area contributed by atoms with Gasteiger partial charge in [-0.15, -0.1) is 0 Å². The first-order valence-corrected chi connectivity index (χ1v) is 22.1. The fraction of sp³-hybridized carbons (Fsp3) is 0.153. The third kappa shape index (κ3) is 6.19. The van der Waals surface area contributed by atoms with Gasteiger partial charge in [0.1, 0.15) is 22.3 Å². The Hall–Kier alpha value is -7.30. The summed E-state index contributed by atoms with van der Waals surface area (Å²) in [7, 11) is 0. The fourth-order valence-corrected chi connectivity index (χ4v) is 10.2. The smallest absolute Gasteiger partial charge is 0.139 e. The van der Waals surface area contributed by atoms with Crippen molar-refractivity contribution in [2.75, 3.05) is 9.80 Å². The van der Waals surface area contributed by atoms with Gasteiger partial charge in [0, 0.05) is 49.9 Å². The Balaban J connectivity index is 1.07. The largest absolute Gasteiger partial charge is 0.456 e. The number of rotatable bonds is 7. The van der Waals surface area contributed by atoms with E-state index in [-0.39, 0.29) is 5.92 Å². The lowest BCUT2D eigenvalue weighted by Crippen LogP contribution is -2.14. The van der Waals surface area contributed by atoms with Crippen LogP contribution >= 0.6 is 0 Å². The van der Waals surface area contributed by atoms with Gasteiger partial charge in [-0.05, 0) is 169 Å². The molecular formula is C59H50N2O2. The van der Waals surface area contributed by atoms with Gasteiger partial charge in [0.15, 0.2) is 0 Å². The Bertz CT molecular complexity index is 3480. The van der Waals surface area contributed by atoms with Crippen molar-refractivity contribution in [1.29, 1.82) is 0 Å². The summed E-state index contributed by atoms with van der Waals surface area (Å²) in [5.74, 6) is 0.191. The number of para-hydroxylation sites is 4. The summed E-state index contributed by atoms with van der Waals surface area (Å²) in [4.78, 5) is 4.82. The monoisotopic (exact) mass is 818 g/mol. The van der Waals surface area contributed by atoms with Crippen LogP contribution in [0.1, 0.15) is 58.7 Å². The van der Waals surface area contributed by atoms with Crippen LogP contribution < -0.4 is 9.80 Å². The zero-order valence-electron chi connectivity index (χ0n) is 37.2. The number of hydrogen-bond acceptors (Lipinski definition) is 4. The zero-order chi connectivity index (χ0) is 43.3. The van der Waals surface area contributed by atoms with E-state index in [2.05, 4.69) is 217 Å². The lowest BCUT2D eigenvalue weighted by molar-refractivity contribution is 0.655. The first kappa shape index (κ1) is 38.6. The maximum atomic E-state index is 6.99. The van der Waals surface area contributed by atoms with E-state index in [0.717, 1.165) is 66.0 Å². The van der Waals surface area contributed by atoms with E-state index in [1.807, 2.05) is 0 Å². The van der Waals surface area contributed by atoms with Gasteiger partial charge >= 0.3 is 0 Å². The molecule has 0 atom stereocenters. The first-order chi connectivity index (χ1) is 30.5. The van der Waals surface area contributed by atoms with Crippen molar-refractivity contribution in [3.63, 3.8) is 0 Å². The van der Waals surface area contributed by atoms with Crippen molar-refractivity contribution in [3.05, 3.63) is 191 Å². The van der Waals surface area contributed by atoms with Gasteiger partial charge in [0.05, 0.1) is 11.4 Å². The maximum absolute atomic E-state index is 6.99. The molecule has 0 amide bonds. The third-order valence-electron chi connectivity index (χ3n) is 13.2. The molecule has 0 fully saturated rings. The lowest BCUT2D eigenvalue weighted by Gasteiger charge is -2.30. The Morgan fingerprint density at radius 2 is 0.841 bits per heavy atom. The minimum atomic E-state index is 0.191. The van der Waals surface area contributed by atoms with Gasteiger partial charge in [-0.25, -0.2) is 0 Å². The Morgan fingerprint density at radius 1 is 0.381 bits per heavy atom. The average Bonchev–Trinajstić information content (AvgIpc) is 3.80. The summed E-state index contributed by atoms with van der Waals surface area (Å²) in [6, 6.07) is 55.3. The van der Waals surface area contributed by atoms with Crippen LogP contribution in [0.4, 0.5) is 34.1 Å². The topological polar surface area (TPSA) is 32.8 Å². The SMILES string of the molecule is Cc1ccccc1N(c1ccc2cc3c(cc2c1)oc1c(C(C)C)c2c(cc13)oc1cc3cc(N(c4ccccc4C)c4c(C)cccc4C)ccc3cc12)c1c(C)cccc1C. The van der Waals surface area contributed by atoms with Crippen LogP contribution in [0, 0.1) is 41.5 Å². The molecular weight excluding hydrogens is 769 g/mol. The molecule has 0 saturated heterocycles. The van der Waals surface area contributed by atoms with Gasteiger partial charge in [-0.1, -0.05) is 98.8 Å². The molecule has 0 aliphatic heterocycles. The molecule has 0 unspecified atom stereocenters. The van der Waals surface area contributed by atoms with Crippen LogP contribution in [-0.4, -0.2) is 0 Å². The highest BCUT2D eigenvalue weighted by Crippen LogP contribution is 2.47. The molecule has 0 spiro atoms. The molecule has 4 nitrogen and oxygen atoms in total. The van der Waals surface area contributed by atoms with Crippen LogP contribution in [0.2, 0.25) is 0 Å². The van der Waals surface area contributed by atoms with E-state index in [0.29, 0.717) is 0 Å². The molecule has 0 aliphatic carbocycles. The quantitative estimate of drug-likeness (QED) is 0.160. The number of nitrogens with zero attached hydrogens (tertiary/aromatic N) is 2. The van der Waals surface area contributed by atoms with Crippen LogP contribution in [0.25, 0.3) is 65.4 Å². The maximum Gasteiger partial charge on any atom is 0.139 e. The number of fused-ring (bicyclic) bond motifs is 8. The molecule has 0 bridgehead atoms. The Labute approximate surface area is 368 Å². The Kier molecular flexibility index (Phi) is 8.99. The van der Waals surface area contributed by atoms with E-state index >= 15 is 0 Å². The lowest BCUT2D eigenvalue weighted by atomic mass is 9.93.